The van der Waals surface area contributed by atoms with Crippen molar-refractivity contribution in [3.05, 3.63) is 59.3 Å². The molecule has 28 heavy (non-hydrogen) atoms. The number of phenols is 1. The van der Waals surface area contributed by atoms with Crippen molar-refractivity contribution in [3.63, 3.8) is 0 Å². The van der Waals surface area contributed by atoms with E-state index in [1.165, 1.54) is 6.08 Å². The highest BCUT2D eigenvalue weighted by molar-refractivity contribution is 5.87. The summed E-state index contributed by atoms with van der Waals surface area (Å²) in [6.45, 7) is 6.89. The number of nitrogen functional groups attached to an aromatic ring is 1. The Morgan fingerprint density at radius 2 is 2.04 bits per heavy atom. The van der Waals surface area contributed by atoms with Gasteiger partial charge >= 0.3 is 0 Å². The minimum Gasteiger partial charge on any atom is -0.507 e. The van der Waals surface area contributed by atoms with Gasteiger partial charge in [0.25, 0.3) is 0 Å². The number of aromatic amines is 1. The van der Waals surface area contributed by atoms with Crippen LogP contribution >= 0.6 is 0 Å². The van der Waals surface area contributed by atoms with Crippen molar-refractivity contribution in [3.8, 4) is 5.75 Å². The highest BCUT2D eigenvalue weighted by Gasteiger charge is 2.29. The number of carbonyl (C=O) groups is 1. The SMILES string of the molecule is C=CC(=O)N1CCC(c2[nH]c(N)c(/C=C(\N)c3ccccc3O)c2C)C1.CO. The van der Waals surface area contributed by atoms with E-state index >= 15 is 0 Å². The van der Waals surface area contributed by atoms with Gasteiger partial charge in [-0.3, -0.25) is 4.79 Å². The summed E-state index contributed by atoms with van der Waals surface area (Å²) < 4.78 is 0. The van der Waals surface area contributed by atoms with Crippen LogP contribution in [0, 0.1) is 6.92 Å². The molecule has 1 saturated heterocycles. The lowest BCUT2D eigenvalue weighted by atomic mass is 9.99. The van der Waals surface area contributed by atoms with Gasteiger partial charge in [0.15, 0.2) is 0 Å². The van der Waals surface area contributed by atoms with Crippen molar-refractivity contribution in [2.24, 2.45) is 5.73 Å². The van der Waals surface area contributed by atoms with E-state index < -0.39 is 0 Å². The van der Waals surface area contributed by atoms with Crippen molar-refractivity contribution < 1.29 is 15.0 Å². The number of para-hydroxylation sites is 1. The van der Waals surface area contributed by atoms with Gasteiger partial charge in [-0.05, 0) is 43.2 Å². The number of aliphatic hydroxyl groups is 1. The molecule has 1 atom stereocenters. The Morgan fingerprint density at radius 1 is 1.36 bits per heavy atom. The molecule has 0 saturated carbocycles. The Labute approximate surface area is 165 Å². The number of aromatic hydroxyl groups is 1. The molecule has 7 heteroatoms. The molecule has 2 aromatic rings. The minimum atomic E-state index is -0.0476. The number of hydrogen-bond acceptors (Lipinski definition) is 5. The van der Waals surface area contributed by atoms with Crippen LogP contribution in [0.3, 0.4) is 0 Å². The van der Waals surface area contributed by atoms with Gasteiger partial charge in [-0.15, -0.1) is 0 Å². The average molecular weight is 384 g/mol. The van der Waals surface area contributed by atoms with Crippen molar-refractivity contribution in [2.45, 2.75) is 19.3 Å². The standard InChI is InChI=1S/C20H24N4O2.CH4O/c1-3-18(26)24-9-8-13(11-24)19-12(2)15(20(22)23-19)10-16(21)14-6-4-5-7-17(14)25;1-2/h3-7,10,13,23,25H,1,8-9,11,21-22H2,2H3;2H,1H3/b16-10-;. The molecule has 2 heterocycles. The number of aromatic nitrogens is 1. The highest BCUT2D eigenvalue weighted by Crippen LogP contribution is 2.34. The number of nitrogens with one attached hydrogen (secondary N) is 1. The number of carbonyl (C=O) groups excluding carboxylic acids is 1. The maximum atomic E-state index is 11.8. The van der Waals surface area contributed by atoms with Crippen LogP contribution in [0.2, 0.25) is 0 Å². The molecule has 1 aromatic heterocycles. The lowest BCUT2D eigenvalue weighted by Gasteiger charge is -2.14. The molecule has 0 bridgehead atoms. The van der Waals surface area contributed by atoms with Crippen LogP contribution in [0.15, 0.2) is 36.9 Å². The van der Waals surface area contributed by atoms with Crippen LogP contribution in [0.4, 0.5) is 5.82 Å². The fraction of sp³-hybridized carbons (Fsp3) is 0.286. The first-order chi connectivity index (χ1) is 13.4. The van der Waals surface area contributed by atoms with E-state index in [1.807, 2.05) is 13.0 Å². The molecule has 1 amide bonds. The predicted molar refractivity (Wildman–Crippen MR) is 112 cm³/mol. The molecule has 7 nitrogen and oxygen atoms in total. The summed E-state index contributed by atoms with van der Waals surface area (Å²) in [4.78, 5) is 16.9. The molecule has 1 aliphatic heterocycles. The number of phenolic OH excluding ortho intramolecular Hbond substituents is 1. The number of likely N-dealkylation sites (tertiary alicyclic amines) is 1. The number of aliphatic hydroxyl groups excluding tert-OH is 1. The fourth-order valence-electron chi connectivity index (χ4n) is 3.52. The Hall–Kier alpha value is -3.19. The lowest BCUT2D eigenvalue weighted by Crippen LogP contribution is -2.26. The highest BCUT2D eigenvalue weighted by atomic mass is 16.3. The van der Waals surface area contributed by atoms with E-state index in [1.54, 1.807) is 29.2 Å². The van der Waals surface area contributed by atoms with Crippen LogP contribution in [0.5, 0.6) is 5.75 Å². The zero-order chi connectivity index (χ0) is 20.8. The second-order valence-electron chi connectivity index (χ2n) is 6.58. The number of hydrogen-bond donors (Lipinski definition) is 5. The van der Waals surface area contributed by atoms with Gasteiger partial charge in [0.1, 0.15) is 11.6 Å². The van der Waals surface area contributed by atoms with E-state index in [2.05, 4.69) is 11.6 Å². The van der Waals surface area contributed by atoms with Crippen LogP contribution in [0.1, 0.15) is 34.7 Å². The summed E-state index contributed by atoms with van der Waals surface area (Å²) >= 11 is 0. The quantitative estimate of drug-likeness (QED) is 0.516. The molecule has 7 N–H and O–H groups in total. The summed E-state index contributed by atoms with van der Waals surface area (Å²) in [5.74, 6) is 0.815. The first-order valence-electron chi connectivity index (χ1n) is 9.02. The minimum absolute atomic E-state index is 0.0476. The zero-order valence-corrected chi connectivity index (χ0v) is 16.3. The fourth-order valence-corrected chi connectivity index (χ4v) is 3.52. The number of rotatable bonds is 4. The van der Waals surface area contributed by atoms with Crippen LogP contribution in [-0.4, -0.2) is 46.2 Å². The Kier molecular flexibility index (Phi) is 6.89. The Bertz CT molecular complexity index is 886. The summed E-state index contributed by atoms with van der Waals surface area (Å²) in [6, 6.07) is 6.92. The zero-order valence-electron chi connectivity index (χ0n) is 16.3. The molecule has 1 unspecified atom stereocenters. The normalized spacial score (nSPS) is 16.5. The predicted octanol–water partition coefficient (Wildman–Crippen LogP) is 2.18. The van der Waals surface area contributed by atoms with Gasteiger partial charge in [0.2, 0.25) is 5.91 Å². The van der Waals surface area contributed by atoms with Crippen LogP contribution in [0.25, 0.3) is 11.8 Å². The van der Waals surface area contributed by atoms with E-state index in [0.29, 0.717) is 30.2 Å². The van der Waals surface area contributed by atoms with Gasteiger partial charge in [0.05, 0.1) is 0 Å². The molecule has 1 aromatic carbocycles. The largest absolute Gasteiger partial charge is 0.507 e. The van der Waals surface area contributed by atoms with E-state index in [-0.39, 0.29) is 17.6 Å². The third-order valence-corrected chi connectivity index (χ3v) is 4.97. The lowest BCUT2D eigenvalue weighted by molar-refractivity contribution is -0.125. The van der Waals surface area contributed by atoms with Gasteiger partial charge in [0, 0.05) is 48.6 Å². The number of nitrogens with zero attached hydrogens (tertiary/aromatic N) is 1. The molecule has 0 radical (unpaired) electrons. The van der Waals surface area contributed by atoms with Crippen molar-refractivity contribution >= 4 is 23.5 Å². The van der Waals surface area contributed by atoms with Crippen molar-refractivity contribution in [1.82, 2.24) is 9.88 Å². The summed E-state index contributed by atoms with van der Waals surface area (Å²) in [6.07, 6.45) is 4.00. The molecule has 1 fully saturated rings. The number of H-pyrrole nitrogens is 1. The van der Waals surface area contributed by atoms with E-state index in [4.69, 9.17) is 16.6 Å². The van der Waals surface area contributed by atoms with Crippen LogP contribution < -0.4 is 11.5 Å². The first-order valence-corrected chi connectivity index (χ1v) is 9.02. The Morgan fingerprint density at radius 3 is 2.68 bits per heavy atom. The molecule has 0 aliphatic carbocycles. The number of benzene rings is 1. The second kappa shape index (κ2) is 9.14. The second-order valence-corrected chi connectivity index (χ2v) is 6.58. The third-order valence-electron chi connectivity index (χ3n) is 4.97. The maximum absolute atomic E-state index is 11.8. The first kappa shape index (κ1) is 21.1. The maximum Gasteiger partial charge on any atom is 0.245 e. The monoisotopic (exact) mass is 384 g/mol. The van der Waals surface area contributed by atoms with Crippen LogP contribution in [-0.2, 0) is 4.79 Å². The average Bonchev–Trinajstić information content (AvgIpc) is 3.29. The molecule has 0 spiro atoms. The van der Waals surface area contributed by atoms with Gasteiger partial charge < -0.3 is 31.6 Å². The topological polar surface area (TPSA) is 129 Å². The molecule has 3 rings (SSSR count). The molecular formula is C21H28N4O3. The van der Waals surface area contributed by atoms with Gasteiger partial charge in [-0.25, -0.2) is 0 Å². The number of amides is 1. The third kappa shape index (κ3) is 4.20. The number of nitrogens with two attached hydrogens (primary N) is 2. The summed E-state index contributed by atoms with van der Waals surface area (Å²) in [7, 11) is 1.00. The molecular weight excluding hydrogens is 356 g/mol. The summed E-state index contributed by atoms with van der Waals surface area (Å²) in [5.41, 5.74) is 16.2. The smallest absolute Gasteiger partial charge is 0.245 e. The summed E-state index contributed by atoms with van der Waals surface area (Å²) in [5, 5.41) is 17.0. The van der Waals surface area contributed by atoms with Crippen molar-refractivity contribution in [1.29, 1.82) is 0 Å². The van der Waals surface area contributed by atoms with Gasteiger partial charge in [-0.2, -0.15) is 0 Å². The molecule has 1 aliphatic rings. The number of anilines is 1. The van der Waals surface area contributed by atoms with Crippen molar-refractivity contribution in [2.75, 3.05) is 25.9 Å². The van der Waals surface area contributed by atoms with E-state index in [9.17, 15) is 9.90 Å². The Balaban J connectivity index is 0.00000136. The molecule has 150 valence electrons. The van der Waals surface area contributed by atoms with Gasteiger partial charge in [-0.1, -0.05) is 18.7 Å². The van der Waals surface area contributed by atoms with E-state index in [0.717, 1.165) is 30.4 Å².